The van der Waals surface area contributed by atoms with Crippen LogP contribution in [0.1, 0.15) is 21.6 Å². The second kappa shape index (κ2) is 3.73. The molecule has 0 saturated heterocycles. The maximum absolute atomic E-state index is 10.6. The zero-order chi connectivity index (χ0) is 10.8. The van der Waals surface area contributed by atoms with Crippen LogP contribution < -0.4 is 0 Å². The largest absolute Gasteiger partial charge is 0.352 e. The Labute approximate surface area is 89.0 Å². The van der Waals surface area contributed by atoms with Gasteiger partial charge in [-0.1, -0.05) is 17.7 Å². The molecule has 1 aromatic heterocycles. The third-order valence-electron chi connectivity index (χ3n) is 2.52. The minimum Gasteiger partial charge on any atom is -0.352 e. The van der Waals surface area contributed by atoms with E-state index < -0.39 is 0 Å². The number of carbonyl (C=O) groups is 1. The average Bonchev–Trinajstić information content (AvgIpc) is 2.70. The SMILES string of the molecule is Cc1ccc(C)c(-c2ccc(C=O)[nH]2)c1. The Hall–Kier alpha value is -1.83. The zero-order valence-corrected chi connectivity index (χ0v) is 8.87. The van der Waals surface area contributed by atoms with Gasteiger partial charge in [0.1, 0.15) is 0 Å². The van der Waals surface area contributed by atoms with Crippen LogP contribution in [0.25, 0.3) is 11.3 Å². The third kappa shape index (κ3) is 1.84. The number of aromatic amines is 1. The monoisotopic (exact) mass is 199 g/mol. The number of aldehydes is 1. The molecule has 2 aromatic rings. The van der Waals surface area contributed by atoms with Gasteiger partial charge < -0.3 is 4.98 Å². The van der Waals surface area contributed by atoms with E-state index in [0.717, 1.165) is 17.5 Å². The summed E-state index contributed by atoms with van der Waals surface area (Å²) in [5, 5.41) is 0. The molecule has 0 aliphatic carbocycles. The van der Waals surface area contributed by atoms with Crippen LogP contribution in [0.5, 0.6) is 0 Å². The molecule has 0 saturated carbocycles. The van der Waals surface area contributed by atoms with Crippen LogP contribution in [0.4, 0.5) is 0 Å². The minimum atomic E-state index is 0.617. The lowest BCUT2D eigenvalue weighted by molar-refractivity contribution is 0.111. The molecular weight excluding hydrogens is 186 g/mol. The molecule has 76 valence electrons. The van der Waals surface area contributed by atoms with Gasteiger partial charge in [-0.3, -0.25) is 4.79 Å². The lowest BCUT2D eigenvalue weighted by atomic mass is 10.0. The van der Waals surface area contributed by atoms with Crippen molar-refractivity contribution >= 4 is 6.29 Å². The van der Waals surface area contributed by atoms with Crippen LogP contribution in [0.3, 0.4) is 0 Å². The topological polar surface area (TPSA) is 32.9 Å². The molecule has 0 amide bonds. The van der Waals surface area contributed by atoms with Gasteiger partial charge in [0.2, 0.25) is 0 Å². The Balaban J connectivity index is 2.52. The highest BCUT2D eigenvalue weighted by atomic mass is 16.1. The van der Waals surface area contributed by atoms with E-state index >= 15 is 0 Å². The quantitative estimate of drug-likeness (QED) is 0.740. The highest BCUT2D eigenvalue weighted by Gasteiger charge is 2.04. The molecule has 15 heavy (non-hydrogen) atoms. The standard InChI is InChI=1S/C13H13NO/c1-9-3-4-10(2)12(7-9)13-6-5-11(8-15)14-13/h3-8,14H,1-2H3. The molecule has 0 aliphatic rings. The van der Waals surface area contributed by atoms with E-state index in [1.807, 2.05) is 6.07 Å². The predicted molar refractivity (Wildman–Crippen MR) is 61.1 cm³/mol. The van der Waals surface area contributed by atoms with Gasteiger partial charge in [-0.25, -0.2) is 0 Å². The summed E-state index contributed by atoms with van der Waals surface area (Å²) in [6.07, 6.45) is 0.828. The summed E-state index contributed by atoms with van der Waals surface area (Å²) in [5.74, 6) is 0. The Morgan fingerprint density at radius 3 is 2.60 bits per heavy atom. The van der Waals surface area contributed by atoms with E-state index in [0.29, 0.717) is 5.69 Å². The van der Waals surface area contributed by atoms with Crippen molar-refractivity contribution in [1.29, 1.82) is 0 Å². The number of nitrogens with one attached hydrogen (secondary N) is 1. The molecule has 1 heterocycles. The van der Waals surface area contributed by atoms with Crippen molar-refractivity contribution in [3.63, 3.8) is 0 Å². The highest BCUT2D eigenvalue weighted by Crippen LogP contribution is 2.23. The van der Waals surface area contributed by atoms with Crippen molar-refractivity contribution in [3.05, 3.63) is 47.2 Å². The maximum atomic E-state index is 10.6. The molecule has 2 nitrogen and oxygen atoms in total. The number of aryl methyl sites for hydroxylation is 2. The van der Waals surface area contributed by atoms with Crippen LogP contribution in [-0.4, -0.2) is 11.3 Å². The van der Waals surface area contributed by atoms with E-state index in [-0.39, 0.29) is 0 Å². The fraction of sp³-hybridized carbons (Fsp3) is 0.154. The van der Waals surface area contributed by atoms with Gasteiger partial charge in [-0.2, -0.15) is 0 Å². The average molecular weight is 199 g/mol. The van der Waals surface area contributed by atoms with Gasteiger partial charge in [-0.05, 0) is 37.6 Å². The number of H-pyrrole nitrogens is 1. The maximum Gasteiger partial charge on any atom is 0.166 e. The third-order valence-corrected chi connectivity index (χ3v) is 2.52. The van der Waals surface area contributed by atoms with E-state index in [4.69, 9.17) is 0 Å². The second-order valence-corrected chi connectivity index (χ2v) is 3.76. The first kappa shape index (κ1) is 9.71. The minimum absolute atomic E-state index is 0.617. The molecule has 0 fully saturated rings. The predicted octanol–water partition coefficient (Wildman–Crippen LogP) is 3.11. The van der Waals surface area contributed by atoms with E-state index in [1.54, 1.807) is 6.07 Å². The summed E-state index contributed by atoms with van der Waals surface area (Å²) in [7, 11) is 0. The molecule has 0 aliphatic heterocycles. The molecule has 0 spiro atoms. The molecule has 0 unspecified atom stereocenters. The lowest BCUT2D eigenvalue weighted by Crippen LogP contribution is -1.86. The van der Waals surface area contributed by atoms with Crippen LogP contribution >= 0.6 is 0 Å². The first-order chi connectivity index (χ1) is 7.20. The molecule has 0 bridgehead atoms. The highest BCUT2D eigenvalue weighted by molar-refractivity contribution is 5.76. The summed E-state index contributed by atoms with van der Waals surface area (Å²) in [6.45, 7) is 4.13. The summed E-state index contributed by atoms with van der Waals surface area (Å²) < 4.78 is 0. The second-order valence-electron chi connectivity index (χ2n) is 3.76. The van der Waals surface area contributed by atoms with Crippen molar-refractivity contribution in [2.24, 2.45) is 0 Å². The smallest absolute Gasteiger partial charge is 0.166 e. The number of benzene rings is 1. The fourth-order valence-electron chi connectivity index (χ4n) is 1.66. The summed E-state index contributed by atoms with van der Waals surface area (Å²) >= 11 is 0. The Morgan fingerprint density at radius 1 is 1.13 bits per heavy atom. The van der Waals surface area contributed by atoms with E-state index in [9.17, 15) is 4.79 Å². The van der Waals surface area contributed by atoms with Crippen LogP contribution in [0, 0.1) is 13.8 Å². The number of rotatable bonds is 2. The number of hydrogen-bond acceptors (Lipinski definition) is 1. The van der Waals surface area contributed by atoms with Crippen molar-refractivity contribution < 1.29 is 4.79 Å². The molecule has 2 rings (SSSR count). The number of aromatic nitrogens is 1. The van der Waals surface area contributed by atoms with Gasteiger partial charge in [0.05, 0.1) is 5.69 Å². The number of hydrogen-bond donors (Lipinski definition) is 1. The fourth-order valence-corrected chi connectivity index (χ4v) is 1.66. The van der Waals surface area contributed by atoms with Crippen LogP contribution in [-0.2, 0) is 0 Å². The molecule has 0 atom stereocenters. The first-order valence-corrected chi connectivity index (χ1v) is 4.92. The van der Waals surface area contributed by atoms with E-state index in [2.05, 4.69) is 37.0 Å². The van der Waals surface area contributed by atoms with Crippen molar-refractivity contribution in [2.45, 2.75) is 13.8 Å². The Kier molecular flexibility index (Phi) is 2.42. The Bertz CT molecular complexity index is 497. The van der Waals surface area contributed by atoms with Crippen molar-refractivity contribution in [1.82, 2.24) is 4.98 Å². The van der Waals surface area contributed by atoms with Crippen LogP contribution in [0.15, 0.2) is 30.3 Å². The Morgan fingerprint density at radius 2 is 1.93 bits per heavy atom. The zero-order valence-electron chi connectivity index (χ0n) is 8.87. The molecule has 2 heteroatoms. The molecule has 1 N–H and O–H groups in total. The van der Waals surface area contributed by atoms with Gasteiger partial charge in [0.15, 0.2) is 6.29 Å². The van der Waals surface area contributed by atoms with Gasteiger partial charge in [-0.15, -0.1) is 0 Å². The lowest BCUT2D eigenvalue weighted by Gasteiger charge is -2.04. The van der Waals surface area contributed by atoms with Gasteiger partial charge in [0, 0.05) is 11.3 Å². The van der Waals surface area contributed by atoms with E-state index in [1.165, 1.54) is 11.1 Å². The summed E-state index contributed by atoms with van der Waals surface area (Å²) in [6, 6.07) is 10.0. The van der Waals surface area contributed by atoms with Gasteiger partial charge in [0.25, 0.3) is 0 Å². The van der Waals surface area contributed by atoms with Gasteiger partial charge >= 0.3 is 0 Å². The number of carbonyl (C=O) groups excluding carboxylic acids is 1. The van der Waals surface area contributed by atoms with Crippen molar-refractivity contribution in [3.8, 4) is 11.3 Å². The molecule has 0 radical (unpaired) electrons. The molecular formula is C13H13NO. The summed E-state index contributed by atoms with van der Waals surface area (Å²) in [5.41, 5.74) is 5.20. The molecule has 1 aromatic carbocycles. The van der Waals surface area contributed by atoms with Crippen molar-refractivity contribution in [2.75, 3.05) is 0 Å². The summed E-state index contributed by atoms with van der Waals surface area (Å²) in [4.78, 5) is 13.7. The van der Waals surface area contributed by atoms with Crippen LogP contribution in [0.2, 0.25) is 0 Å². The normalized spacial score (nSPS) is 10.3. The first-order valence-electron chi connectivity index (χ1n) is 4.92.